The van der Waals surface area contributed by atoms with E-state index in [0.29, 0.717) is 45.6 Å². The number of benzene rings is 1. The molecule has 0 saturated carbocycles. The topological polar surface area (TPSA) is 220 Å². The zero-order chi connectivity index (χ0) is 47.3. The van der Waals surface area contributed by atoms with E-state index < -0.39 is 11.8 Å². The van der Waals surface area contributed by atoms with Crippen molar-refractivity contribution in [2.45, 2.75) is 78.3 Å². The van der Waals surface area contributed by atoms with Gasteiger partial charge in [-0.05, 0) is 19.1 Å². The number of amides is 4. The number of hydrogen-bond donors (Lipinski definition) is 3. The van der Waals surface area contributed by atoms with Gasteiger partial charge in [-0.15, -0.1) is 12.8 Å². The quantitative estimate of drug-likeness (QED) is 0.0511. The van der Waals surface area contributed by atoms with Gasteiger partial charge in [0.15, 0.2) is 11.5 Å². The highest BCUT2D eigenvalue weighted by atomic mass is 16.7. The van der Waals surface area contributed by atoms with Crippen molar-refractivity contribution in [2.24, 2.45) is 11.8 Å². The standard InChI is InChI=1S/C13H23NO5.C9H9NO3.C9H10O2.C7H15NO3.C4H5NO.C2H2/c1-4-12(16)14(7-9-18-3)8-10-19-13(17)6-5-11(2)15;1-10-8(11)6-4-2-3-5(13-4)7(6)9(10)12;1-9(2)10-7-5-3-4-6-8(7)11-9;1-2-7(11)8(3-5-9)4-6-10;1-3-5-6-4-2;1-2/h4-10H2,1-3H3;2-7H,1H3;3-6H,1-2H3;9-10H,2-6H2,1H3;2-3,5H,1H2;1-2H. The summed E-state index contributed by atoms with van der Waals surface area (Å²) >= 11 is 0. The first-order chi connectivity index (χ1) is 29.5. The molecule has 2 saturated heterocycles. The molecule has 18 nitrogen and oxygen atoms in total. The molecule has 2 bridgehead atoms. The van der Waals surface area contributed by atoms with Gasteiger partial charge in [0, 0.05) is 73.1 Å². The summed E-state index contributed by atoms with van der Waals surface area (Å²) in [7, 11) is 3.11. The molecule has 3 N–H and O–H groups in total. The number of fused-ring (bicyclic) bond motifs is 6. The number of para-hydroxylation sites is 2. The first kappa shape index (κ1) is 56.1. The highest BCUT2D eigenvalue weighted by Crippen LogP contribution is 2.44. The largest absolute Gasteiger partial charge is 0.464 e. The summed E-state index contributed by atoms with van der Waals surface area (Å²) in [5.41, 5.74) is 2.23. The second kappa shape index (κ2) is 31.0. The van der Waals surface area contributed by atoms with Crippen LogP contribution in [0.2, 0.25) is 0 Å². The van der Waals surface area contributed by atoms with Gasteiger partial charge < -0.3 is 53.3 Å². The fourth-order valence-corrected chi connectivity index (χ4v) is 5.93. The summed E-state index contributed by atoms with van der Waals surface area (Å²) in [5.74, 6) is 0.00764. The van der Waals surface area contributed by atoms with Gasteiger partial charge in [-0.3, -0.25) is 28.9 Å². The fraction of sp³-hybridized carbons (Fsp3) is 0.545. The average molecular weight is 873 g/mol. The SMILES string of the molecule is C#C.C#CONC=C.CC1(C)Oc2ccccc2O1.CCC(=O)N(CCO)CCO.CCC(=O)N(CCOC)CCOC(=O)CCC(C)=O.CN1C(=O)C2C3C=CC(O3)C2C1=O. The molecule has 344 valence electrons. The van der Waals surface area contributed by atoms with E-state index in [1.165, 1.54) is 22.9 Å². The number of likely N-dealkylation sites (tertiary alicyclic amines) is 1. The zero-order valence-corrected chi connectivity index (χ0v) is 36.9. The summed E-state index contributed by atoms with van der Waals surface area (Å²) in [6.45, 7) is 14.0. The average Bonchev–Trinajstić information content (AvgIpc) is 4.03. The molecule has 4 heterocycles. The third-order valence-corrected chi connectivity index (χ3v) is 8.81. The Morgan fingerprint density at radius 2 is 1.35 bits per heavy atom. The lowest BCUT2D eigenvalue weighted by Crippen LogP contribution is -2.36. The van der Waals surface area contributed by atoms with Crippen molar-refractivity contribution in [3.63, 3.8) is 0 Å². The van der Waals surface area contributed by atoms with E-state index in [1.807, 2.05) is 56.4 Å². The second-order valence-corrected chi connectivity index (χ2v) is 13.7. The van der Waals surface area contributed by atoms with Crippen LogP contribution in [0.5, 0.6) is 11.5 Å². The molecule has 2 fully saturated rings. The summed E-state index contributed by atoms with van der Waals surface area (Å²) < 4.78 is 26.3. The second-order valence-electron chi connectivity index (χ2n) is 13.7. The number of nitrogens with one attached hydrogen (secondary N) is 1. The highest BCUT2D eigenvalue weighted by molar-refractivity contribution is 6.06. The highest BCUT2D eigenvalue weighted by Gasteiger charge is 2.59. The Kier molecular flexibility index (Phi) is 28.0. The van der Waals surface area contributed by atoms with Gasteiger partial charge in [0.25, 0.3) is 0 Å². The number of Topliss-reactive ketones (excluding diaryl/α,β-unsaturated/α-hetero) is 1. The summed E-state index contributed by atoms with van der Waals surface area (Å²) in [6.07, 6.45) is 20.4. The molecule has 4 amide bonds. The van der Waals surface area contributed by atoms with Crippen LogP contribution >= 0.6 is 0 Å². The Morgan fingerprint density at radius 3 is 1.74 bits per heavy atom. The lowest BCUT2D eigenvalue weighted by molar-refractivity contribution is -0.146. The monoisotopic (exact) mass is 872 g/mol. The Hall–Kier alpha value is -5.92. The van der Waals surface area contributed by atoms with Gasteiger partial charge in [-0.2, -0.15) is 0 Å². The number of rotatable bonds is 17. The number of hydrogen-bond acceptors (Lipinski definition) is 15. The minimum absolute atomic E-state index is 0.00293. The number of terminal acetylenes is 2. The van der Waals surface area contributed by atoms with Crippen molar-refractivity contribution in [2.75, 3.05) is 66.8 Å². The molecule has 1 aromatic rings. The first-order valence-electron chi connectivity index (χ1n) is 19.9. The third kappa shape index (κ3) is 19.6. The number of aliphatic hydroxyl groups is 2. The maximum Gasteiger partial charge on any atom is 0.306 e. The summed E-state index contributed by atoms with van der Waals surface area (Å²) in [5, 5.41) is 17.1. The Morgan fingerprint density at radius 1 is 0.887 bits per heavy atom. The van der Waals surface area contributed by atoms with E-state index >= 15 is 0 Å². The molecule has 1 aromatic carbocycles. The molecule has 4 atom stereocenters. The van der Waals surface area contributed by atoms with Crippen molar-refractivity contribution < 1.29 is 67.5 Å². The molecule has 18 heteroatoms. The molecule has 4 unspecified atom stereocenters. The Balaban J connectivity index is 0.000000770. The van der Waals surface area contributed by atoms with Gasteiger partial charge in [0.05, 0.1) is 56.8 Å². The van der Waals surface area contributed by atoms with Crippen molar-refractivity contribution in [3.05, 3.63) is 49.2 Å². The predicted molar refractivity (Wildman–Crippen MR) is 228 cm³/mol. The predicted octanol–water partition coefficient (Wildman–Crippen LogP) is 2.23. The lowest BCUT2D eigenvalue weighted by atomic mass is 9.85. The number of carbonyl (C=O) groups is 6. The fourth-order valence-electron chi connectivity index (χ4n) is 5.93. The molecule has 0 radical (unpaired) electrons. The van der Waals surface area contributed by atoms with E-state index in [0.717, 1.165) is 11.5 Å². The Labute approximate surface area is 365 Å². The minimum Gasteiger partial charge on any atom is -0.464 e. The number of ether oxygens (including phenoxy) is 5. The normalized spacial score (nSPS) is 18.3. The van der Waals surface area contributed by atoms with Gasteiger partial charge in [-0.25, -0.2) is 5.48 Å². The van der Waals surface area contributed by atoms with E-state index in [-0.39, 0.29) is 86.1 Å². The van der Waals surface area contributed by atoms with Crippen molar-refractivity contribution in [3.8, 4) is 36.9 Å². The van der Waals surface area contributed by atoms with Crippen LogP contribution in [0.25, 0.3) is 0 Å². The van der Waals surface area contributed by atoms with Crippen molar-refractivity contribution in [1.29, 1.82) is 0 Å². The maximum atomic E-state index is 11.6. The Bertz CT molecular complexity index is 1610. The summed E-state index contributed by atoms with van der Waals surface area (Å²) in [6, 6.07) is 7.68. The van der Waals surface area contributed by atoms with Crippen molar-refractivity contribution >= 4 is 35.4 Å². The third-order valence-electron chi connectivity index (χ3n) is 8.81. The molecule has 0 aromatic heterocycles. The molecular weight excluding hydrogens is 808 g/mol. The zero-order valence-electron chi connectivity index (χ0n) is 36.9. The van der Waals surface area contributed by atoms with Crippen LogP contribution in [0.1, 0.15) is 60.3 Å². The summed E-state index contributed by atoms with van der Waals surface area (Å²) in [4.78, 5) is 76.1. The van der Waals surface area contributed by atoms with E-state index in [2.05, 4.69) is 36.2 Å². The van der Waals surface area contributed by atoms with Gasteiger partial charge in [-0.1, -0.05) is 51.1 Å². The number of imide groups is 1. The minimum atomic E-state index is -0.496. The number of esters is 1. The van der Waals surface area contributed by atoms with E-state index in [9.17, 15) is 28.8 Å². The first-order valence-corrected chi connectivity index (χ1v) is 19.9. The molecule has 62 heavy (non-hydrogen) atoms. The van der Waals surface area contributed by atoms with Crippen LogP contribution in [-0.2, 0) is 47.8 Å². The van der Waals surface area contributed by atoms with Crippen LogP contribution in [0.15, 0.2) is 49.2 Å². The number of hydroxylamine groups is 1. The van der Waals surface area contributed by atoms with Gasteiger partial charge in [0.2, 0.25) is 29.4 Å². The number of carbonyl (C=O) groups excluding carboxylic acids is 6. The maximum absolute atomic E-state index is 11.6. The number of ketones is 1. The van der Waals surface area contributed by atoms with Crippen LogP contribution in [-0.4, -0.2) is 145 Å². The number of nitrogens with zero attached hydrogens (tertiary/aromatic N) is 3. The molecule has 0 aliphatic carbocycles. The number of aliphatic hydroxyl groups excluding tert-OH is 2. The molecule has 4 aliphatic rings. The smallest absolute Gasteiger partial charge is 0.306 e. The van der Waals surface area contributed by atoms with Gasteiger partial charge in [0.1, 0.15) is 18.5 Å². The van der Waals surface area contributed by atoms with Crippen LogP contribution in [0.3, 0.4) is 0 Å². The van der Waals surface area contributed by atoms with Crippen LogP contribution < -0.4 is 15.0 Å². The number of methoxy groups -OCH3 is 1. The molecule has 5 rings (SSSR count). The lowest BCUT2D eigenvalue weighted by Gasteiger charge is -2.21. The van der Waals surface area contributed by atoms with Crippen LogP contribution in [0, 0.1) is 37.2 Å². The van der Waals surface area contributed by atoms with E-state index in [4.69, 9.17) is 33.9 Å². The van der Waals surface area contributed by atoms with Crippen LogP contribution in [0.4, 0.5) is 0 Å². The van der Waals surface area contributed by atoms with Gasteiger partial charge >= 0.3 is 5.97 Å². The molecular formula is C44H64N4O14. The van der Waals surface area contributed by atoms with E-state index in [1.54, 1.807) is 32.9 Å². The van der Waals surface area contributed by atoms with Crippen molar-refractivity contribution in [1.82, 2.24) is 20.2 Å². The molecule has 4 aliphatic heterocycles. The molecule has 0 spiro atoms.